The molecule has 1 aliphatic rings. The lowest BCUT2D eigenvalue weighted by Crippen LogP contribution is -2.26. The second-order valence-corrected chi connectivity index (χ2v) is 6.63. The smallest absolute Gasteiger partial charge is 0.263 e. The number of nitrogens with one attached hydrogen (secondary N) is 1. The summed E-state index contributed by atoms with van der Waals surface area (Å²) in [6, 6.07) is 9.55. The van der Waals surface area contributed by atoms with Crippen LogP contribution in [-0.2, 0) is 16.1 Å². The highest BCUT2D eigenvalue weighted by molar-refractivity contribution is 5.95. The average molecular weight is 377 g/mol. The summed E-state index contributed by atoms with van der Waals surface area (Å²) in [6.07, 6.45) is 4.71. The van der Waals surface area contributed by atoms with E-state index in [0.29, 0.717) is 23.7 Å². The van der Waals surface area contributed by atoms with Gasteiger partial charge in [-0.15, -0.1) is 0 Å². The lowest BCUT2D eigenvalue weighted by molar-refractivity contribution is -0.125. The molecule has 1 aliphatic heterocycles. The first-order valence-corrected chi connectivity index (χ1v) is 8.84. The van der Waals surface area contributed by atoms with Crippen LogP contribution in [0.1, 0.15) is 16.9 Å². The highest BCUT2D eigenvalue weighted by Gasteiger charge is 2.17. The second-order valence-electron chi connectivity index (χ2n) is 6.63. The number of anilines is 1. The van der Waals surface area contributed by atoms with Crippen molar-refractivity contribution >= 4 is 34.7 Å². The van der Waals surface area contributed by atoms with Crippen LogP contribution in [0.5, 0.6) is 5.75 Å². The van der Waals surface area contributed by atoms with E-state index in [1.807, 2.05) is 31.2 Å². The molecule has 28 heavy (non-hydrogen) atoms. The van der Waals surface area contributed by atoms with Crippen LogP contribution in [0.4, 0.5) is 5.82 Å². The van der Waals surface area contributed by atoms with Crippen LogP contribution >= 0.6 is 0 Å². The van der Waals surface area contributed by atoms with Crippen molar-refractivity contribution in [2.24, 2.45) is 0 Å². The summed E-state index contributed by atoms with van der Waals surface area (Å²) in [5, 5.41) is 3.69. The molecule has 3 aromatic rings. The number of amides is 2. The summed E-state index contributed by atoms with van der Waals surface area (Å²) in [4.78, 5) is 29.5. The van der Waals surface area contributed by atoms with Crippen molar-refractivity contribution in [2.75, 3.05) is 19.0 Å². The SMILES string of the molecule is Cc1c(CN(C)C(=O)C=Cc2cnc3c(c2)OCC(=O)N3)oc2ccccc12. The lowest BCUT2D eigenvalue weighted by atomic mass is 10.1. The predicted molar refractivity (Wildman–Crippen MR) is 105 cm³/mol. The number of nitrogens with zero attached hydrogens (tertiary/aromatic N) is 2. The summed E-state index contributed by atoms with van der Waals surface area (Å²) >= 11 is 0. The van der Waals surface area contributed by atoms with Gasteiger partial charge in [0.1, 0.15) is 11.3 Å². The van der Waals surface area contributed by atoms with Crippen molar-refractivity contribution in [2.45, 2.75) is 13.5 Å². The quantitative estimate of drug-likeness (QED) is 0.706. The fourth-order valence-corrected chi connectivity index (χ4v) is 3.03. The molecular weight excluding hydrogens is 358 g/mol. The molecule has 0 unspecified atom stereocenters. The van der Waals surface area contributed by atoms with Gasteiger partial charge in [0.2, 0.25) is 5.91 Å². The van der Waals surface area contributed by atoms with Gasteiger partial charge >= 0.3 is 0 Å². The number of aryl methyl sites for hydroxylation is 1. The minimum Gasteiger partial charge on any atom is -0.480 e. The standard InChI is InChI=1S/C21H19N3O4/c1-13-15-5-3-4-6-16(15)28-18(13)11-24(2)20(26)8-7-14-9-17-21(22-10-14)23-19(25)12-27-17/h3-10H,11-12H2,1-2H3,(H,22,23,25). The van der Waals surface area contributed by atoms with Crippen molar-refractivity contribution in [3.63, 3.8) is 0 Å². The maximum absolute atomic E-state index is 12.5. The molecule has 2 aromatic heterocycles. The highest BCUT2D eigenvalue weighted by atomic mass is 16.5. The van der Waals surface area contributed by atoms with Crippen LogP contribution in [0.15, 0.2) is 47.0 Å². The van der Waals surface area contributed by atoms with Gasteiger partial charge in [0.05, 0.1) is 6.54 Å². The first kappa shape index (κ1) is 17.8. The van der Waals surface area contributed by atoms with E-state index < -0.39 is 0 Å². The maximum atomic E-state index is 12.5. The van der Waals surface area contributed by atoms with E-state index in [-0.39, 0.29) is 18.4 Å². The van der Waals surface area contributed by atoms with Crippen molar-refractivity contribution in [3.05, 3.63) is 59.5 Å². The summed E-state index contributed by atoms with van der Waals surface area (Å²) in [5.41, 5.74) is 2.56. The molecule has 142 valence electrons. The van der Waals surface area contributed by atoms with Crippen molar-refractivity contribution in [1.29, 1.82) is 0 Å². The number of furan rings is 1. The molecule has 7 heteroatoms. The Morgan fingerprint density at radius 2 is 2.18 bits per heavy atom. The normalized spacial score (nSPS) is 13.3. The third-order valence-corrected chi connectivity index (χ3v) is 4.61. The summed E-state index contributed by atoms with van der Waals surface area (Å²) in [7, 11) is 1.73. The van der Waals surface area contributed by atoms with Crippen LogP contribution in [0.3, 0.4) is 0 Å². The van der Waals surface area contributed by atoms with Gasteiger partial charge in [0.25, 0.3) is 5.91 Å². The lowest BCUT2D eigenvalue weighted by Gasteiger charge is -2.16. The van der Waals surface area contributed by atoms with Crippen molar-refractivity contribution < 1.29 is 18.7 Å². The largest absolute Gasteiger partial charge is 0.480 e. The number of para-hydroxylation sites is 1. The molecule has 2 amide bonds. The third kappa shape index (κ3) is 3.46. The zero-order valence-corrected chi connectivity index (χ0v) is 15.6. The van der Waals surface area contributed by atoms with Gasteiger partial charge in [0, 0.05) is 30.3 Å². The Morgan fingerprint density at radius 1 is 1.36 bits per heavy atom. The number of benzene rings is 1. The minimum absolute atomic E-state index is 0.0413. The van der Waals surface area contributed by atoms with Crippen LogP contribution in [-0.4, -0.2) is 35.4 Å². The molecule has 7 nitrogen and oxygen atoms in total. The Balaban J connectivity index is 1.45. The number of hydrogen-bond donors (Lipinski definition) is 1. The number of rotatable bonds is 4. The first-order valence-electron chi connectivity index (χ1n) is 8.84. The minimum atomic E-state index is -0.235. The molecular formula is C21H19N3O4. The molecule has 1 aromatic carbocycles. The van der Waals surface area contributed by atoms with Gasteiger partial charge in [-0.1, -0.05) is 18.2 Å². The van der Waals surface area contributed by atoms with Crippen molar-refractivity contribution in [1.82, 2.24) is 9.88 Å². The zero-order valence-electron chi connectivity index (χ0n) is 15.6. The molecule has 0 saturated carbocycles. The molecule has 4 rings (SSSR count). The van der Waals surface area contributed by atoms with E-state index in [1.54, 1.807) is 30.3 Å². The Hall–Kier alpha value is -3.61. The van der Waals surface area contributed by atoms with Crippen LogP contribution in [0, 0.1) is 6.92 Å². The molecule has 3 heterocycles. The molecule has 0 saturated heterocycles. The van der Waals surface area contributed by atoms with Gasteiger partial charge in [-0.2, -0.15) is 0 Å². The fourth-order valence-electron chi connectivity index (χ4n) is 3.03. The van der Waals surface area contributed by atoms with Gasteiger partial charge in [-0.05, 0) is 30.7 Å². The van der Waals surface area contributed by atoms with E-state index in [9.17, 15) is 9.59 Å². The number of aromatic nitrogens is 1. The van der Waals surface area contributed by atoms with E-state index >= 15 is 0 Å². The van der Waals surface area contributed by atoms with E-state index in [2.05, 4.69) is 10.3 Å². The number of carbonyl (C=O) groups is 2. The van der Waals surface area contributed by atoms with Gasteiger partial charge in [0.15, 0.2) is 18.2 Å². The number of likely N-dealkylation sites (N-methyl/N-ethyl adjacent to an activating group) is 1. The Labute approximate surface area is 161 Å². The number of ether oxygens (including phenoxy) is 1. The van der Waals surface area contributed by atoms with Gasteiger partial charge in [-0.3, -0.25) is 9.59 Å². The number of pyridine rings is 1. The Bertz CT molecular complexity index is 1100. The van der Waals surface area contributed by atoms with Crippen LogP contribution < -0.4 is 10.1 Å². The zero-order chi connectivity index (χ0) is 19.7. The Kier molecular flexibility index (Phi) is 4.57. The molecule has 0 atom stereocenters. The summed E-state index contributed by atoms with van der Waals surface area (Å²) < 4.78 is 11.2. The highest BCUT2D eigenvalue weighted by Crippen LogP contribution is 2.27. The maximum Gasteiger partial charge on any atom is 0.263 e. The number of fused-ring (bicyclic) bond motifs is 2. The molecule has 0 spiro atoms. The molecule has 0 radical (unpaired) electrons. The van der Waals surface area contributed by atoms with Gasteiger partial charge in [-0.25, -0.2) is 4.98 Å². The third-order valence-electron chi connectivity index (χ3n) is 4.61. The fraction of sp³-hybridized carbons (Fsp3) is 0.190. The molecule has 0 fully saturated rings. The van der Waals surface area contributed by atoms with E-state index in [4.69, 9.17) is 9.15 Å². The summed E-state index contributed by atoms with van der Waals surface area (Å²) in [6.45, 7) is 2.33. The van der Waals surface area contributed by atoms with Crippen LogP contribution in [0.2, 0.25) is 0 Å². The first-order chi connectivity index (χ1) is 13.5. The number of hydrogen-bond acceptors (Lipinski definition) is 5. The predicted octanol–water partition coefficient (Wildman–Crippen LogP) is 3.14. The molecule has 1 N–H and O–H groups in total. The second kappa shape index (κ2) is 7.19. The van der Waals surface area contributed by atoms with Crippen LogP contribution in [0.25, 0.3) is 17.0 Å². The topological polar surface area (TPSA) is 84.7 Å². The average Bonchev–Trinajstić information content (AvgIpc) is 3.01. The van der Waals surface area contributed by atoms with E-state index in [1.165, 1.54) is 6.08 Å². The Morgan fingerprint density at radius 3 is 3.00 bits per heavy atom. The van der Waals surface area contributed by atoms with Crippen molar-refractivity contribution in [3.8, 4) is 5.75 Å². The molecule has 0 bridgehead atoms. The number of carbonyl (C=O) groups excluding carboxylic acids is 2. The summed E-state index contributed by atoms with van der Waals surface area (Å²) in [5.74, 6) is 1.25. The van der Waals surface area contributed by atoms with E-state index in [0.717, 1.165) is 22.3 Å². The monoisotopic (exact) mass is 377 g/mol. The van der Waals surface area contributed by atoms with Gasteiger partial charge < -0.3 is 19.4 Å². The molecule has 0 aliphatic carbocycles.